The van der Waals surface area contributed by atoms with E-state index < -0.39 is 15.7 Å². The summed E-state index contributed by atoms with van der Waals surface area (Å²) in [4.78, 5) is 0. The Balaban J connectivity index is 1.86. The molecule has 0 atom stereocenters. The predicted molar refractivity (Wildman–Crippen MR) is 191 cm³/mol. The number of fused-ring (bicyclic) bond motifs is 3. The molecular formula is C39H38Cl4Hf. The van der Waals surface area contributed by atoms with E-state index in [0.717, 1.165) is 14.4 Å². The van der Waals surface area contributed by atoms with Gasteiger partial charge < -0.3 is 0 Å². The fraction of sp³-hybridized carbons (Fsp3) is 0.256. The van der Waals surface area contributed by atoms with Gasteiger partial charge in [-0.3, -0.25) is 0 Å². The predicted octanol–water partition coefficient (Wildman–Crippen LogP) is 12.8. The summed E-state index contributed by atoms with van der Waals surface area (Å²) in [6.07, 6.45) is 8.60. The summed E-state index contributed by atoms with van der Waals surface area (Å²) in [6.45, 7) is 13.6. The minimum absolute atomic E-state index is 0.0461. The van der Waals surface area contributed by atoms with Crippen LogP contribution in [-0.2, 0) is 26.5 Å². The monoisotopic (exact) mass is 826 g/mol. The van der Waals surface area contributed by atoms with Crippen LogP contribution in [0.25, 0.3) is 11.1 Å². The average Bonchev–Trinajstić information content (AvgIpc) is 3.60. The van der Waals surface area contributed by atoms with E-state index in [1.807, 2.05) is 36.4 Å². The average molecular weight is 827 g/mol. The van der Waals surface area contributed by atoms with Crippen molar-refractivity contribution in [2.75, 3.05) is 0 Å². The molecule has 0 fully saturated rings. The van der Waals surface area contributed by atoms with E-state index in [1.54, 1.807) is 0 Å². The van der Waals surface area contributed by atoms with Gasteiger partial charge in [-0.1, -0.05) is 0 Å². The molecule has 4 aromatic carbocycles. The van der Waals surface area contributed by atoms with Gasteiger partial charge in [0.2, 0.25) is 0 Å². The van der Waals surface area contributed by atoms with Gasteiger partial charge in [-0.05, 0) is 0 Å². The Morgan fingerprint density at radius 2 is 1.02 bits per heavy atom. The summed E-state index contributed by atoms with van der Waals surface area (Å²) in [5.41, 5.74) is 9.19. The summed E-state index contributed by atoms with van der Waals surface area (Å²) in [5.74, 6) is 0. The zero-order valence-corrected chi connectivity index (χ0v) is 32.7. The van der Waals surface area contributed by atoms with Crippen LogP contribution in [0.15, 0.2) is 109 Å². The minimum atomic E-state index is -5.67. The van der Waals surface area contributed by atoms with Crippen LogP contribution in [0.2, 0.25) is 13.7 Å². The van der Waals surface area contributed by atoms with Crippen molar-refractivity contribution in [1.82, 2.24) is 0 Å². The molecule has 6 rings (SSSR count). The molecule has 44 heavy (non-hydrogen) atoms. The van der Waals surface area contributed by atoms with E-state index in [9.17, 15) is 0 Å². The van der Waals surface area contributed by atoms with Crippen LogP contribution < -0.4 is 0 Å². The van der Waals surface area contributed by atoms with Crippen molar-refractivity contribution in [2.45, 2.75) is 59.7 Å². The first kappa shape index (κ1) is 32.2. The second kappa shape index (κ2) is 11.2. The Labute approximate surface area is 280 Å². The van der Waals surface area contributed by atoms with Crippen LogP contribution in [0.5, 0.6) is 0 Å². The van der Waals surface area contributed by atoms with Gasteiger partial charge in [0.15, 0.2) is 0 Å². The van der Waals surface area contributed by atoms with Gasteiger partial charge in [0.25, 0.3) is 0 Å². The van der Waals surface area contributed by atoms with Gasteiger partial charge in [-0.15, -0.1) is 0 Å². The number of hydrogen-bond acceptors (Lipinski definition) is 0. The molecule has 0 nitrogen and oxygen atoms in total. The van der Waals surface area contributed by atoms with Crippen LogP contribution in [-0.4, -0.2) is 3.26 Å². The fourth-order valence-corrected chi connectivity index (χ4v) is 35.1. The van der Waals surface area contributed by atoms with Gasteiger partial charge in [0, 0.05) is 0 Å². The molecule has 0 bridgehead atoms. The van der Waals surface area contributed by atoms with Crippen molar-refractivity contribution < 1.29 is 15.7 Å². The van der Waals surface area contributed by atoms with Gasteiger partial charge in [0.05, 0.1) is 0 Å². The van der Waals surface area contributed by atoms with E-state index >= 15 is 0 Å². The van der Waals surface area contributed by atoms with Crippen molar-refractivity contribution >= 4 is 43.6 Å². The molecule has 0 aromatic heterocycles. The van der Waals surface area contributed by atoms with Crippen LogP contribution in [0.3, 0.4) is 0 Å². The molecule has 0 saturated carbocycles. The Morgan fingerprint density at radius 3 is 1.41 bits per heavy atom. The molecular weight excluding hydrogens is 789 g/mol. The zero-order valence-electron chi connectivity index (χ0n) is 26.1. The molecule has 226 valence electrons. The second-order valence-electron chi connectivity index (χ2n) is 14.4. The summed E-state index contributed by atoms with van der Waals surface area (Å²) >= 11 is 7.73. The number of hydrogen-bond donors (Lipinski definition) is 0. The number of halogens is 4. The third-order valence-electron chi connectivity index (χ3n) is 9.34. The molecule has 0 spiro atoms. The Bertz CT molecular complexity index is 1800. The Morgan fingerprint density at radius 1 is 0.591 bits per heavy atom. The van der Waals surface area contributed by atoms with E-state index in [4.69, 9.17) is 40.4 Å². The fourth-order valence-electron chi connectivity index (χ4n) is 7.06. The van der Waals surface area contributed by atoms with Gasteiger partial charge in [0.1, 0.15) is 0 Å². The molecule has 0 radical (unpaired) electrons. The molecule has 0 N–H and O–H groups in total. The molecule has 2 aliphatic carbocycles. The zero-order chi connectivity index (χ0) is 31.7. The van der Waals surface area contributed by atoms with E-state index in [0.29, 0.717) is 10.0 Å². The van der Waals surface area contributed by atoms with Crippen LogP contribution in [0, 0.1) is 0 Å². The van der Waals surface area contributed by atoms with Crippen molar-refractivity contribution in [3.05, 3.63) is 153 Å². The maximum atomic E-state index is 8.69. The van der Waals surface area contributed by atoms with Gasteiger partial charge in [-0.2, -0.15) is 0 Å². The molecule has 0 saturated heterocycles. The van der Waals surface area contributed by atoms with E-state index in [-0.39, 0.29) is 18.2 Å². The van der Waals surface area contributed by atoms with Crippen LogP contribution in [0.1, 0.15) is 78.6 Å². The molecule has 2 aliphatic rings. The van der Waals surface area contributed by atoms with Crippen molar-refractivity contribution in [3.8, 4) is 11.1 Å². The standard InChI is InChI=1S/C21H25.C13H8Cl2.C5H5.2ClH.Hf/c1-20(2,3)16-7-9-18-14(12-16)11-15-13-17(21(4,5)6)8-10-19(15)18;14-12-5-1-3-10(8-12)7-11-4-2-6-13(15)9-11;1-2-4-5-3-1;;;/h7-13H,1-6H3;1-6,8-9H;1-5H;2*1H;/q;;;;;+2/p-2. The first-order valence-electron chi connectivity index (χ1n) is 15.2. The Hall–Kier alpha value is -1.74. The van der Waals surface area contributed by atoms with Crippen molar-refractivity contribution in [1.29, 1.82) is 0 Å². The number of rotatable bonds is 4. The topological polar surface area (TPSA) is 0 Å². The molecule has 5 heteroatoms. The second-order valence-corrected chi connectivity index (χ2v) is 44.7. The van der Waals surface area contributed by atoms with E-state index in [1.165, 1.54) is 33.4 Å². The summed E-state index contributed by atoms with van der Waals surface area (Å²) in [6, 6.07) is 29.8. The molecule has 0 aliphatic heterocycles. The van der Waals surface area contributed by atoms with Crippen molar-refractivity contribution in [3.63, 3.8) is 0 Å². The summed E-state index contributed by atoms with van der Waals surface area (Å²) in [7, 11) is 17.4. The Kier molecular flexibility index (Phi) is 8.20. The normalized spacial score (nSPS) is 15.5. The van der Waals surface area contributed by atoms with Crippen LogP contribution >= 0.6 is 40.4 Å². The number of allylic oxidation sites excluding steroid dienone is 4. The molecule has 0 heterocycles. The molecule has 4 aromatic rings. The van der Waals surface area contributed by atoms with Crippen molar-refractivity contribution in [2.24, 2.45) is 0 Å². The van der Waals surface area contributed by atoms with Gasteiger partial charge >= 0.3 is 283 Å². The molecule has 0 amide bonds. The van der Waals surface area contributed by atoms with Crippen LogP contribution in [0.4, 0.5) is 0 Å². The number of benzene rings is 4. The summed E-state index contributed by atoms with van der Waals surface area (Å²) < 4.78 is 0.627. The van der Waals surface area contributed by atoms with Gasteiger partial charge in [-0.25, -0.2) is 0 Å². The SMILES string of the molecule is CC(C)(C)c1ccc2c(c1)[CH]([Hf]([Cl])([Cl])(=[C](c1cccc(Cl)c1)c1cccc(Cl)c1)[CH]1C=CC=C1)c1cc(C(C)(C)C)ccc1-2. The third kappa shape index (κ3) is 5.39. The third-order valence-corrected chi connectivity index (χ3v) is 37.9. The quantitative estimate of drug-likeness (QED) is 0.180. The summed E-state index contributed by atoms with van der Waals surface area (Å²) in [5, 5.41) is 1.29. The first-order chi connectivity index (χ1) is 20.6. The molecule has 0 unspecified atom stereocenters. The first-order valence-corrected chi connectivity index (χ1v) is 30.8. The maximum absolute atomic E-state index is 8.69. The van der Waals surface area contributed by atoms with E-state index in [2.05, 4.69) is 114 Å².